The average molecular weight is 357 g/mol. The Balaban J connectivity index is 2.84. The fourth-order valence-electron chi connectivity index (χ4n) is 2.06. The lowest BCUT2D eigenvalue weighted by Gasteiger charge is -2.16. The number of hydrogen-bond acceptors (Lipinski definition) is 5. The predicted molar refractivity (Wildman–Crippen MR) is 88.7 cm³/mol. The zero-order chi connectivity index (χ0) is 18.3. The van der Waals surface area contributed by atoms with Crippen molar-refractivity contribution in [3.63, 3.8) is 0 Å². The Bertz CT molecular complexity index is 666. The van der Waals surface area contributed by atoms with E-state index in [9.17, 15) is 18.0 Å². The highest BCUT2D eigenvalue weighted by molar-refractivity contribution is 7.91. The van der Waals surface area contributed by atoms with Crippen LogP contribution in [-0.4, -0.2) is 50.9 Å². The van der Waals surface area contributed by atoms with Gasteiger partial charge >= 0.3 is 5.97 Å². The maximum Gasteiger partial charge on any atom is 0.326 e. The van der Waals surface area contributed by atoms with Crippen LogP contribution in [0.25, 0.3) is 0 Å². The van der Waals surface area contributed by atoms with Gasteiger partial charge in [0.15, 0.2) is 9.84 Å². The summed E-state index contributed by atoms with van der Waals surface area (Å²) in [5.41, 5.74) is 0.204. The Morgan fingerprint density at radius 2 is 1.79 bits per heavy atom. The molecule has 1 aromatic rings. The van der Waals surface area contributed by atoms with Crippen LogP contribution in [0.5, 0.6) is 0 Å². The minimum atomic E-state index is -3.47. The van der Waals surface area contributed by atoms with Crippen molar-refractivity contribution in [2.45, 2.75) is 31.2 Å². The van der Waals surface area contributed by atoms with E-state index in [-0.39, 0.29) is 28.7 Å². The number of amides is 1. The van der Waals surface area contributed by atoms with Gasteiger partial charge in [-0.25, -0.2) is 13.2 Å². The molecule has 0 aliphatic rings. The molecule has 0 saturated heterocycles. The SMILES string of the molecule is COCCS(=O)(=O)c1ccc(C(=O)N[C@@H](CC(C)C)C(=O)O)cc1. The van der Waals surface area contributed by atoms with Gasteiger partial charge in [-0.15, -0.1) is 0 Å². The van der Waals surface area contributed by atoms with Crippen molar-refractivity contribution in [1.82, 2.24) is 5.32 Å². The lowest BCUT2D eigenvalue weighted by Crippen LogP contribution is -2.41. The molecular formula is C16H23NO6S. The molecule has 0 aliphatic heterocycles. The van der Waals surface area contributed by atoms with Gasteiger partial charge in [-0.2, -0.15) is 0 Å². The summed E-state index contributed by atoms with van der Waals surface area (Å²) in [6.45, 7) is 3.81. The molecule has 1 atom stereocenters. The summed E-state index contributed by atoms with van der Waals surface area (Å²) in [6, 6.07) is 4.41. The Morgan fingerprint density at radius 3 is 2.25 bits per heavy atom. The van der Waals surface area contributed by atoms with Crippen molar-refractivity contribution < 1.29 is 27.9 Å². The number of sulfone groups is 1. The van der Waals surface area contributed by atoms with E-state index in [0.717, 1.165) is 0 Å². The third kappa shape index (κ3) is 5.93. The number of carbonyl (C=O) groups is 2. The maximum absolute atomic E-state index is 12.1. The summed E-state index contributed by atoms with van der Waals surface area (Å²) in [5, 5.41) is 11.6. The molecule has 1 amide bonds. The quantitative estimate of drug-likeness (QED) is 0.690. The van der Waals surface area contributed by atoms with Crippen molar-refractivity contribution in [3.05, 3.63) is 29.8 Å². The Hall–Kier alpha value is -1.93. The highest BCUT2D eigenvalue weighted by atomic mass is 32.2. The first-order valence-corrected chi connectivity index (χ1v) is 9.18. The molecular weight excluding hydrogens is 334 g/mol. The molecule has 8 heteroatoms. The van der Waals surface area contributed by atoms with Crippen molar-refractivity contribution in [3.8, 4) is 0 Å². The molecule has 0 aromatic heterocycles. The topological polar surface area (TPSA) is 110 Å². The Morgan fingerprint density at radius 1 is 1.21 bits per heavy atom. The number of carboxylic acid groups (broad SMARTS) is 1. The first-order chi connectivity index (χ1) is 11.2. The number of carbonyl (C=O) groups excluding carboxylic acids is 1. The van der Waals surface area contributed by atoms with Crippen LogP contribution in [0.3, 0.4) is 0 Å². The second-order valence-corrected chi connectivity index (χ2v) is 7.94. The highest BCUT2D eigenvalue weighted by Gasteiger charge is 2.22. The van der Waals surface area contributed by atoms with Crippen LogP contribution >= 0.6 is 0 Å². The second-order valence-electron chi connectivity index (χ2n) is 5.83. The molecule has 0 heterocycles. The van der Waals surface area contributed by atoms with Gasteiger partial charge in [0.1, 0.15) is 6.04 Å². The zero-order valence-electron chi connectivity index (χ0n) is 14.0. The molecule has 0 aliphatic carbocycles. The van der Waals surface area contributed by atoms with E-state index in [1.54, 1.807) is 0 Å². The molecule has 0 bridgehead atoms. The number of ether oxygens (including phenoxy) is 1. The molecule has 2 N–H and O–H groups in total. The lowest BCUT2D eigenvalue weighted by molar-refractivity contribution is -0.139. The summed E-state index contributed by atoms with van der Waals surface area (Å²) < 4.78 is 28.8. The number of rotatable bonds is 9. The number of carboxylic acids is 1. The van der Waals surface area contributed by atoms with Gasteiger partial charge in [0.05, 0.1) is 17.3 Å². The number of hydrogen-bond donors (Lipinski definition) is 2. The van der Waals surface area contributed by atoms with Gasteiger partial charge in [-0.1, -0.05) is 13.8 Å². The monoisotopic (exact) mass is 357 g/mol. The van der Waals surface area contributed by atoms with E-state index in [1.807, 2.05) is 13.8 Å². The molecule has 24 heavy (non-hydrogen) atoms. The smallest absolute Gasteiger partial charge is 0.326 e. The summed E-state index contributed by atoms with van der Waals surface area (Å²) in [7, 11) is -2.05. The van der Waals surface area contributed by atoms with Gasteiger partial charge in [0.2, 0.25) is 0 Å². The molecule has 1 aromatic carbocycles. The summed E-state index contributed by atoms with van der Waals surface area (Å²) >= 11 is 0. The van der Waals surface area contributed by atoms with Crippen LogP contribution < -0.4 is 5.32 Å². The van der Waals surface area contributed by atoms with Crippen LogP contribution in [0.15, 0.2) is 29.2 Å². The molecule has 7 nitrogen and oxygen atoms in total. The number of methoxy groups -OCH3 is 1. The number of nitrogens with one attached hydrogen (secondary N) is 1. The van der Waals surface area contributed by atoms with Crippen molar-refractivity contribution >= 4 is 21.7 Å². The third-order valence-electron chi connectivity index (χ3n) is 3.34. The van der Waals surface area contributed by atoms with Gasteiger partial charge < -0.3 is 15.2 Å². The highest BCUT2D eigenvalue weighted by Crippen LogP contribution is 2.13. The van der Waals surface area contributed by atoms with Crippen molar-refractivity contribution in [1.29, 1.82) is 0 Å². The van der Waals surface area contributed by atoms with Crippen molar-refractivity contribution in [2.24, 2.45) is 5.92 Å². The number of benzene rings is 1. The van der Waals surface area contributed by atoms with Crippen LogP contribution in [0, 0.1) is 5.92 Å². The molecule has 0 spiro atoms. The predicted octanol–water partition coefficient (Wildman–Crippen LogP) is 1.34. The van der Waals surface area contributed by atoms with E-state index in [1.165, 1.54) is 31.4 Å². The van der Waals surface area contributed by atoms with Gasteiger partial charge in [-0.3, -0.25) is 4.79 Å². The Kier molecular flexibility index (Phi) is 7.37. The number of aliphatic carboxylic acids is 1. The van der Waals surface area contributed by atoms with E-state index in [4.69, 9.17) is 9.84 Å². The summed E-state index contributed by atoms with van der Waals surface area (Å²) in [6.07, 6.45) is 0.310. The largest absolute Gasteiger partial charge is 0.480 e. The van der Waals surface area contributed by atoms with Gasteiger partial charge in [-0.05, 0) is 36.6 Å². The fourth-order valence-corrected chi connectivity index (χ4v) is 3.23. The van der Waals surface area contributed by atoms with E-state index in [0.29, 0.717) is 6.42 Å². The van der Waals surface area contributed by atoms with Crippen molar-refractivity contribution in [2.75, 3.05) is 19.5 Å². The summed E-state index contributed by atoms with van der Waals surface area (Å²) in [5.74, 6) is -1.69. The minimum Gasteiger partial charge on any atom is -0.480 e. The molecule has 1 rings (SSSR count). The van der Waals surface area contributed by atoms with Crippen LogP contribution in [0.2, 0.25) is 0 Å². The first-order valence-electron chi connectivity index (χ1n) is 7.52. The van der Waals surface area contributed by atoms with E-state index >= 15 is 0 Å². The first kappa shape index (κ1) is 20.1. The normalized spacial score (nSPS) is 12.8. The molecule has 0 unspecified atom stereocenters. The lowest BCUT2D eigenvalue weighted by atomic mass is 10.0. The average Bonchev–Trinajstić information content (AvgIpc) is 2.52. The second kappa shape index (κ2) is 8.79. The van der Waals surface area contributed by atoms with Gasteiger partial charge in [0, 0.05) is 12.7 Å². The fraction of sp³-hybridized carbons (Fsp3) is 0.500. The molecule has 0 fully saturated rings. The molecule has 134 valence electrons. The zero-order valence-corrected chi connectivity index (χ0v) is 14.8. The van der Waals surface area contributed by atoms with Gasteiger partial charge in [0.25, 0.3) is 5.91 Å². The Labute approximate surface area is 141 Å². The minimum absolute atomic E-state index is 0.0834. The van der Waals surface area contributed by atoms with Crippen LogP contribution in [-0.2, 0) is 19.4 Å². The summed E-state index contributed by atoms with van der Waals surface area (Å²) in [4.78, 5) is 23.4. The van der Waals surface area contributed by atoms with Crippen LogP contribution in [0.4, 0.5) is 0 Å². The maximum atomic E-state index is 12.1. The van der Waals surface area contributed by atoms with E-state index < -0.39 is 27.8 Å². The molecule has 0 saturated carbocycles. The third-order valence-corrected chi connectivity index (χ3v) is 5.04. The standard InChI is InChI=1S/C16H23NO6S/c1-11(2)10-14(16(19)20)17-15(18)12-4-6-13(7-5-12)24(21,22)9-8-23-3/h4-7,11,14H,8-10H2,1-3H3,(H,17,18)(H,19,20)/t14-/m0/s1. The molecule has 0 radical (unpaired) electrons. The van der Waals surface area contributed by atoms with Crippen LogP contribution in [0.1, 0.15) is 30.6 Å². The van der Waals surface area contributed by atoms with E-state index in [2.05, 4.69) is 5.32 Å².